The van der Waals surface area contributed by atoms with Gasteiger partial charge in [0.05, 0.1) is 39.1 Å². The Bertz CT molecular complexity index is 1480. The second-order valence-electron chi connectivity index (χ2n) is 12.1. The Kier molecular flexibility index (Phi) is 18.4. The van der Waals surface area contributed by atoms with Gasteiger partial charge in [0.2, 0.25) is 5.91 Å². The van der Waals surface area contributed by atoms with Gasteiger partial charge in [-0.25, -0.2) is 4.79 Å². The van der Waals surface area contributed by atoms with Crippen LogP contribution in [0.25, 0.3) is 0 Å². The molecule has 0 bridgehead atoms. The predicted molar refractivity (Wildman–Crippen MR) is 184 cm³/mol. The molecule has 1 aromatic carbocycles. The molecule has 6 atom stereocenters. The van der Waals surface area contributed by atoms with Crippen molar-refractivity contribution in [1.82, 2.24) is 10.6 Å². The Labute approximate surface area is 308 Å². The van der Waals surface area contributed by atoms with Crippen molar-refractivity contribution in [1.29, 1.82) is 0 Å². The summed E-state index contributed by atoms with van der Waals surface area (Å²) in [5.74, 6) is -5.67. The van der Waals surface area contributed by atoms with Crippen LogP contribution in [-0.4, -0.2) is 111 Å². The van der Waals surface area contributed by atoms with Gasteiger partial charge in [-0.3, -0.25) is 28.8 Å². The van der Waals surface area contributed by atoms with Crippen molar-refractivity contribution in [2.24, 2.45) is 5.73 Å². The number of benzene rings is 1. The average Bonchev–Trinajstić information content (AvgIpc) is 3.10. The Balaban J connectivity index is 2.63. The maximum atomic E-state index is 13.5. The number of hydrogen-bond acceptors (Lipinski definition) is 15. The number of esters is 5. The molecule has 0 radical (unpaired) electrons. The molecule has 17 heteroatoms. The van der Waals surface area contributed by atoms with Crippen LogP contribution in [-0.2, 0) is 73.1 Å². The molecule has 292 valence electrons. The van der Waals surface area contributed by atoms with E-state index in [1.807, 2.05) is 0 Å². The van der Waals surface area contributed by atoms with E-state index < -0.39 is 97.5 Å². The van der Waals surface area contributed by atoms with Crippen LogP contribution in [0.15, 0.2) is 24.3 Å². The van der Waals surface area contributed by atoms with Gasteiger partial charge in [0.1, 0.15) is 12.2 Å². The van der Waals surface area contributed by atoms with Gasteiger partial charge in [-0.15, -0.1) is 6.42 Å². The summed E-state index contributed by atoms with van der Waals surface area (Å²) in [6, 6.07) is 5.19. The zero-order chi connectivity index (χ0) is 39.6. The Morgan fingerprint density at radius 2 is 1.58 bits per heavy atom. The van der Waals surface area contributed by atoms with Crippen molar-refractivity contribution in [3.8, 4) is 12.3 Å². The van der Waals surface area contributed by atoms with E-state index in [1.54, 1.807) is 24.3 Å². The third kappa shape index (κ3) is 14.8. The maximum absolute atomic E-state index is 13.5. The number of terminal acetylenes is 1. The largest absolute Gasteiger partial charge is 0.465 e. The summed E-state index contributed by atoms with van der Waals surface area (Å²) in [6.45, 7) is 3.50. The number of ether oxygens (including phenoxy) is 7. The number of carbonyl (C=O) groups excluding carboxylic acids is 7. The molecule has 0 aliphatic carbocycles. The topological polar surface area (TPSA) is 234 Å². The molecule has 2 rings (SSSR count). The van der Waals surface area contributed by atoms with Crippen molar-refractivity contribution in [2.45, 2.75) is 102 Å². The molecule has 1 fully saturated rings. The first-order chi connectivity index (χ1) is 25.1. The molecule has 1 aliphatic heterocycles. The summed E-state index contributed by atoms with van der Waals surface area (Å²) >= 11 is 0. The molecule has 1 saturated heterocycles. The highest BCUT2D eigenvalue weighted by atomic mass is 16.7. The van der Waals surface area contributed by atoms with Gasteiger partial charge >= 0.3 is 29.8 Å². The smallest absolute Gasteiger partial charge is 0.366 e. The summed E-state index contributed by atoms with van der Waals surface area (Å²) in [5, 5.41) is 5.20. The van der Waals surface area contributed by atoms with E-state index in [4.69, 9.17) is 45.3 Å². The van der Waals surface area contributed by atoms with Gasteiger partial charge < -0.3 is 49.5 Å². The van der Waals surface area contributed by atoms with E-state index in [-0.39, 0.29) is 13.0 Å². The molecular formula is C36H49N3O14. The van der Waals surface area contributed by atoms with Crippen LogP contribution in [0.4, 0.5) is 0 Å². The molecule has 0 aromatic heterocycles. The lowest BCUT2D eigenvalue weighted by Gasteiger charge is -2.48. The zero-order valence-corrected chi connectivity index (χ0v) is 30.6. The molecule has 1 aliphatic rings. The Hall–Kier alpha value is -5.05. The minimum absolute atomic E-state index is 0.0490. The first-order valence-electron chi connectivity index (χ1n) is 17.0. The molecule has 53 heavy (non-hydrogen) atoms. The van der Waals surface area contributed by atoms with Crippen molar-refractivity contribution in [2.75, 3.05) is 33.4 Å². The zero-order valence-electron chi connectivity index (χ0n) is 30.6. The fourth-order valence-electron chi connectivity index (χ4n) is 5.56. The lowest BCUT2D eigenvalue weighted by molar-refractivity contribution is -0.313. The van der Waals surface area contributed by atoms with E-state index in [0.717, 1.165) is 47.6 Å². The van der Waals surface area contributed by atoms with Crippen molar-refractivity contribution in [3.63, 3.8) is 0 Å². The predicted octanol–water partition coefficient (Wildman–Crippen LogP) is 0.364. The highest BCUT2D eigenvalue weighted by Crippen LogP contribution is 2.37. The van der Waals surface area contributed by atoms with Crippen molar-refractivity contribution < 1.29 is 66.7 Å². The van der Waals surface area contributed by atoms with Crippen molar-refractivity contribution >= 4 is 41.7 Å². The third-order valence-corrected chi connectivity index (χ3v) is 7.83. The summed E-state index contributed by atoms with van der Waals surface area (Å²) in [7, 11) is 1.07. The minimum Gasteiger partial charge on any atom is -0.465 e. The van der Waals surface area contributed by atoms with E-state index in [0.29, 0.717) is 30.5 Å². The van der Waals surface area contributed by atoms with E-state index in [2.05, 4.69) is 16.6 Å². The highest BCUT2D eigenvalue weighted by molar-refractivity contribution is 5.81. The number of unbranched alkanes of at least 4 members (excludes halogenated alkanes) is 3. The molecule has 17 nitrogen and oxygen atoms in total. The number of rotatable bonds is 20. The second-order valence-corrected chi connectivity index (χ2v) is 12.1. The number of amides is 2. The summed E-state index contributed by atoms with van der Waals surface area (Å²) < 4.78 is 39.0. The molecule has 1 heterocycles. The molecule has 4 N–H and O–H groups in total. The van der Waals surface area contributed by atoms with Gasteiger partial charge in [-0.1, -0.05) is 30.9 Å². The van der Waals surface area contributed by atoms with Gasteiger partial charge in [0.15, 0.2) is 18.8 Å². The van der Waals surface area contributed by atoms with Gasteiger partial charge in [0, 0.05) is 33.3 Å². The van der Waals surface area contributed by atoms with Gasteiger partial charge in [0.25, 0.3) is 11.7 Å². The molecule has 1 aromatic rings. The highest BCUT2D eigenvalue weighted by Gasteiger charge is 2.59. The first kappa shape index (κ1) is 44.1. The van der Waals surface area contributed by atoms with Crippen LogP contribution in [0.2, 0.25) is 0 Å². The van der Waals surface area contributed by atoms with Crippen LogP contribution >= 0.6 is 0 Å². The third-order valence-electron chi connectivity index (χ3n) is 7.83. The summed E-state index contributed by atoms with van der Waals surface area (Å²) in [6.07, 6.45) is 1.10. The molecule has 0 unspecified atom stereocenters. The van der Waals surface area contributed by atoms with E-state index >= 15 is 0 Å². The SMILES string of the molecule is C#Cc1ccc(CC(=O)NC[C@@H](OC(C)=O)[C@@H](OC(C)=O)[C@@H]2O[C@@](OCCCCCCN)(C(=O)OC)C[C@H](OC(C)=O)[C@H]2NC(=O)COC(C)=O)cc1. The number of methoxy groups -OCH3 is 1. The van der Waals surface area contributed by atoms with Gasteiger partial charge in [-0.2, -0.15) is 0 Å². The average molecular weight is 748 g/mol. The quantitative estimate of drug-likeness (QED) is 0.0707. The number of hydrogen-bond donors (Lipinski definition) is 3. The second kappa shape index (κ2) is 22.1. The normalized spacial score (nSPS) is 20.4. The Morgan fingerprint density at radius 3 is 2.15 bits per heavy atom. The number of nitrogens with two attached hydrogens (primary N) is 1. The standard InChI is InChI=1S/C36H49N3O14/c1-7-26-12-14-27(15-13-26)18-30(44)38-20-29(51-24(4)42)33(52-25(5)43)34-32(39-31(45)21-48-22(2)40)28(50-23(3)41)19-36(53-34,35(46)47-6)49-17-11-9-8-10-16-37/h1,12-15,28-29,32-34H,8-11,16-21,37H2,2-6H3,(H,38,44)(H,39,45)/t28-,29+,32+,33+,34+,36+/m0/s1. The minimum atomic E-state index is -2.31. The lowest BCUT2D eigenvalue weighted by Crippen LogP contribution is -2.70. The fraction of sp³-hybridized carbons (Fsp3) is 0.583. The summed E-state index contributed by atoms with van der Waals surface area (Å²) in [5.41, 5.74) is 6.81. The van der Waals surface area contributed by atoms with E-state index in [9.17, 15) is 33.6 Å². The maximum Gasteiger partial charge on any atom is 0.366 e. The van der Waals surface area contributed by atoms with Crippen molar-refractivity contribution in [3.05, 3.63) is 35.4 Å². The first-order valence-corrected chi connectivity index (χ1v) is 17.0. The number of carbonyl (C=O) groups is 7. The van der Waals surface area contributed by atoms with E-state index in [1.165, 1.54) is 0 Å². The summed E-state index contributed by atoms with van der Waals surface area (Å²) in [4.78, 5) is 88.7. The molecule has 0 saturated carbocycles. The van der Waals surface area contributed by atoms with Gasteiger partial charge in [-0.05, 0) is 37.1 Å². The molecule has 0 spiro atoms. The van der Waals surface area contributed by atoms with Crippen LogP contribution in [0.5, 0.6) is 0 Å². The lowest BCUT2D eigenvalue weighted by atomic mass is 9.87. The molecular weight excluding hydrogens is 698 g/mol. The van der Waals surface area contributed by atoms with Crippen LogP contribution in [0.3, 0.4) is 0 Å². The number of nitrogens with one attached hydrogen (secondary N) is 2. The fourth-order valence-corrected chi connectivity index (χ4v) is 5.56. The Morgan fingerprint density at radius 1 is 0.925 bits per heavy atom. The monoisotopic (exact) mass is 747 g/mol. The van der Waals surface area contributed by atoms with Crippen LogP contribution < -0.4 is 16.4 Å². The van der Waals surface area contributed by atoms with Crippen LogP contribution in [0.1, 0.15) is 70.9 Å². The van der Waals surface area contributed by atoms with Crippen LogP contribution in [0, 0.1) is 12.3 Å². The molecule has 2 amide bonds.